The average molecular weight is 476 g/mol. The predicted octanol–water partition coefficient (Wildman–Crippen LogP) is 1.59. The van der Waals surface area contributed by atoms with Gasteiger partial charge in [0.1, 0.15) is 34.0 Å². The van der Waals surface area contributed by atoms with Crippen LogP contribution in [0.1, 0.15) is 48.7 Å². The Morgan fingerprint density at radius 3 is 2.48 bits per heavy atom. The molecule has 4 rings (SSSR count). The lowest BCUT2D eigenvalue weighted by molar-refractivity contribution is -0.123. The molecule has 3 N–H and O–H groups in total. The zero-order chi connectivity index (χ0) is 24.5. The molecular weight excluding hydrogens is 450 g/mol. The molecule has 0 unspecified atom stereocenters. The van der Waals surface area contributed by atoms with Gasteiger partial charge >= 0.3 is 0 Å². The average Bonchev–Trinajstić information content (AvgIpc) is 3.21. The molecule has 1 saturated heterocycles. The summed E-state index contributed by atoms with van der Waals surface area (Å²) in [5.41, 5.74) is -1.53. The summed E-state index contributed by atoms with van der Waals surface area (Å²) in [7, 11) is -3.06. The number of allylic oxidation sites excluding steroid dienone is 4. The molecule has 1 aromatic rings. The van der Waals surface area contributed by atoms with Gasteiger partial charge < -0.3 is 20.3 Å². The number of Topliss-reactive ketones (excluding diaryl/α,β-unsaturated/α-hetero) is 2. The normalized spacial score (nSPS) is 26.9. The van der Waals surface area contributed by atoms with Crippen molar-refractivity contribution in [2.45, 2.75) is 39.5 Å². The molecule has 10 heteroatoms. The number of carbonyl (C=O) groups excluding carboxylic acids is 3. The number of sulfone groups is 1. The number of fused-ring (bicyclic) bond motifs is 3. The highest BCUT2D eigenvalue weighted by molar-refractivity contribution is 7.91. The fraction of sp³-hybridized carbons (Fsp3) is 0.435. The Labute approximate surface area is 191 Å². The van der Waals surface area contributed by atoms with E-state index in [0.29, 0.717) is 18.7 Å². The van der Waals surface area contributed by atoms with Crippen LogP contribution in [-0.4, -0.2) is 54.0 Å². The fourth-order valence-electron chi connectivity index (χ4n) is 4.78. The zero-order valence-electron chi connectivity index (χ0n) is 18.7. The minimum atomic E-state index is -3.06. The van der Waals surface area contributed by atoms with Gasteiger partial charge in [0, 0.05) is 23.9 Å². The lowest BCUT2D eigenvalue weighted by Gasteiger charge is -2.29. The number of ether oxygens (including phenoxy) is 1. The van der Waals surface area contributed by atoms with Crippen LogP contribution in [0.2, 0.25) is 0 Å². The van der Waals surface area contributed by atoms with Crippen LogP contribution in [0.4, 0.5) is 0 Å². The van der Waals surface area contributed by atoms with Gasteiger partial charge in [0.05, 0.1) is 22.6 Å². The van der Waals surface area contributed by atoms with E-state index in [9.17, 15) is 33.0 Å². The Morgan fingerprint density at radius 2 is 1.91 bits per heavy atom. The summed E-state index contributed by atoms with van der Waals surface area (Å²) in [6.07, 6.45) is 1.66. The van der Waals surface area contributed by atoms with Gasteiger partial charge in [-0.15, -0.1) is 0 Å². The van der Waals surface area contributed by atoms with Crippen LogP contribution in [0.15, 0.2) is 23.1 Å². The molecule has 2 atom stereocenters. The Kier molecular flexibility index (Phi) is 5.19. The maximum atomic E-state index is 13.7. The Balaban J connectivity index is 1.78. The molecule has 1 fully saturated rings. The molecular formula is C23H25NO8S. The monoisotopic (exact) mass is 475 g/mol. The van der Waals surface area contributed by atoms with E-state index in [1.807, 2.05) is 0 Å². The number of nitrogens with one attached hydrogen (secondary N) is 1. The molecule has 1 aliphatic carbocycles. The summed E-state index contributed by atoms with van der Waals surface area (Å²) < 4.78 is 29.1. The Morgan fingerprint density at radius 1 is 1.24 bits per heavy atom. The maximum Gasteiger partial charge on any atom is 0.194 e. The van der Waals surface area contributed by atoms with Gasteiger partial charge in [0.15, 0.2) is 27.2 Å². The van der Waals surface area contributed by atoms with Crippen molar-refractivity contribution in [3.05, 3.63) is 39.8 Å². The van der Waals surface area contributed by atoms with E-state index >= 15 is 0 Å². The highest BCUT2D eigenvalue weighted by Crippen LogP contribution is 2.57. The second-order valence-electron chi connectivity index (χ2n) is 9.04. The number of ketones is 3. The molecule has 0 spiro atoms. The fourth-order valence-corrected chi connectivity index (χ4v) is 6.64. The van der Waals surface area contributed by atoms with Gasteiger partial charge in [0.2, 0.25) is 0 Å². The van der Waals surface area contributed by atoms with Crippen LogP contribution < -0.4 is 10.1 Å². The minimum absolute atomic E-state index is 0.0255. The zero-order valence-corrected chi connectivity index (χ0v) is 19.6. The third-order valence-corrected chi connectivity index (χ3v) is 8.58. The number of hydrogen-bond donors (Lipinski definition) is 3. The second-order valence-corrected chi connectivity index (χ2v) is 11.3. The van der Waals surface area contributed by atoms with Crippen LogP contribution in [0.25, 0.3) is 0 Å². The highest BCUT2D eigenvalue weighted by Gasteiger charge is 2.56. The number of hydrogen-bond acceptors (Lipinski definition) is 9. The molecule has 2 heterocycles. The van der Waals surface area contributed by atoms with Crippen molar-refractivity contribution < 1.29 is 37.8 Å². The summed E-state index contributed by atoms with van der Waals surface area (Å²) in [5, 5.41) is 24.2. The molecule has 176 valence electrons. The highest BCUT2D eigenvalue weighted by atomic mass is 32.2. The van der Waals surface area contributed by atoms with Crippen molar-refractivity contribution in [1.82, 2.24) is 5.32 Å². The smallest absolute Gasteiger partial charge is 0.194 e. The van der Waals surface area contributed by atoms with Gasteiger partial charge in [-0.3, -0.25) is 14.4 Å². The summed E-state index contributed by atoms with van der Waals surface area (Å²) in [6.45, 7) is 6.00. The topological polar surface area (TPSA) is 147 Å². The summed E-state index contributed by atoms with van der Waals surface area (Å²) in [5.74, 6) is -2.69. The van der Waals surface area contributed by atoms with Gasteiger partial charge in [-0.05, 0) is 40.0 Å². The number of carbonyl (C=O) groups is 3. The Bertz CT molecular complexity index is 1300. The van der Waals surface area contributed by atoms with E-state index < -0.39 is 38.4 Å². The SMILES string of the molecule is CC(=O)c1c(O)c(C)c(O)c2c1OC1=CC(=O)/C(=C(/C)NC[C@H]3CCS(=O)(=O)C3)C(=O)[C@@]12C. The van der Waals surface area contributed by atoms with Crippen molar-refractivity contribution in [3.8, 4) is 17.2 Å². The van der Waals surface area contributed by atoms with Crippen molar-refractivity contribution in [3.63, 3.8) is 0 Å². The largest absolute Gasteiger partial charge is 0.507 e. The van der Waals surface area contributed by atoms with Crippen molar-refractivity contribution >= 4 is 27.2 Å². The number of aromatic hydroxyl groups is 2. The van der Waals surface area contributed by atoms with Gasteiger partial charge in [-0.1, -0.05) is 0 Å². The maximum absolute atomic E-state index is 13.7. The van der Waals surface area contributed by atoms with E-state index in [-0.39, 0.29) is 56.9 Å². The van der Waals surface area contributed by atoms with Gasteiger partial charge in [0.25, 0.3) is 0 Å². The van der Waals surface area contributed by atoms with E-state index in [4.69, 9.17) is 4.74 Å². The molecule has 1 aromatic carbocycles. The predicted molar refractivity (Wildman–Crippen MR) is 118 cm³/mol. The number of rotatable bonds is 4. The molecule has 3 aliphatic rings. The standard InChI is InChI=1S/C23H25NO8S/c1-10-19(27)17(12(3)25)21-18(20(10)28)23(4)15(32-21)7-14(26)16(22(23)29)11(2)24-8-13-5-6-33(30,31)9-13/h7,13,24,27-28H,5-6,8-9H2,1-4H3/b16-11+/t13-,23+/m1/s1. The van der Waals surface area contributed by atoms with Crippen molar-refractivity contribution in [2.24, 2.45) is 5.92 Å². The summed E-state index contributed by atoms with van der Waals surface area (Å²) >= 11 is 0. The first-order chi connectivity index (χ1) is 15.3. The molecule has 33 heavy (non-hydrogen) atoms. The molecule has 0 saturated carbocycles. The second kappa shape index (κ2) is 7.44. The molecule has 0 aromatic heterocycles. The van der Waals surface area contributed by atoms with Gasteiger partial charge in [-0.2, -0.15) is 0 Å². The van der Waals surface area contributed by atoms with Crippen molar-refractivity contribution in [2.75, 3.05) is 18.1 Å². The lowest BCUT2D eigenvalue weighted by Crippen LogP contribution is -2.41. The summed E-state index contributed by atoms with van der Waals surface area (Å²) in [6, 6.07) is 0. The van der Waals surface area contributed by atoms with Crippen LogP contribution in [0.3, 0.4) is 0 Å². The third kappa shape index (κ3) is 3.35. The van der Waals surface area contributed by atoms with Crippen molar-refractivity contribution in [1.29, 1.82) is 0 Å². The van der Waals surface area contributed by atoms with E-state index in [2.05, 4.69) is 5.32 Å². The van der Waals surface area contributed by atoms with Crippen LogP contribution in [0.5, 0.6) is 17.2 Å². The third-order valence-electron chi connectivity index (χ3n) is 6.74. The van der Waals surface area contributed by atoms with E-state index in [1.54, 1.807) is 6.92 Å². The molecule has 0 bridgehead atoms. The van der Waals surface area contributed by atoms with Crippen LogP contribution >= 0.6 is 0 Å². The van der Waals surface area contributed by atoms with E-state index in [1.165, 1.54) is 20.8 Å². The molecule has 9 nitrogen and oxygen atoms in total. The minimum Gasteiger partial charge on any atom is -0.507 e. The number of benzene rings is 1. The van der Waals surface area contributed by atoms with Crippen LogP contribution in [-0.2, 0) is 24.8 Å². The lowest BCUT2D eigenvalue weighted by atomic mass is 9.70. The first-order valence-corrected chi connectivity index (χ1v) is 12.4. The summed E-state index contributed by atoms with van der Waals surface area (Å²) in [4.78, 5) is 38.8. The first-order valence-electron chi connectivity index (χ1n) is 10.5. The molecule has 0 amide bonds. The number of phenolic OH excluding ortho intramolecular Hbond substituents is 2. The first kappa shape index (κ1) is 23.0. The molecule has 2 aliphatic heterocycles. The van der Waals surface area contributed by atoms with Crippen LogP contribution in [0, 0.1) is 12.8 Å². The molecule has 0 radical (unpaired) electrons. The van der Waals surface area contributed by atoms with Gasteiger partial charge in [-0.25, -0.2) is 8.42 Å². The Hall–Kier alpha value is -3.14. The number of phenols is 2. The van der Waals surface area contributed by atoms with E-state index in [0.717, 1.165) is 6.08 Å². The quantitative estimate of drug-likeness (QED) is 0.335.